The predicted octanol–water partition coefficient (Wildman–Crippen LogP) is 5.57. The van der Waals surface area contributed by atoms with Gasteiger partial charge in [-0.3, -0.25) is 4.79 Å². The summed E-state index contributed by atoms with van der Waals surface area (Å²) in [6, 6.07) is 15.1. The van der Waals surface area contributed by atoms with Crippen molar-refractivity contribution in [2.24, 2.45) is 0 Å². The number of aryl methyl sites for hydroxylation is 1. The van der Waals surface area contributed by atoms with Crippen LogP contribution in [0.1, 0.15) is 24.8 Å². The molecule has 186 valence electrons. The van der Waals surface area contributed by atoms with Gasteiger partial charge in [-0.1, -0.05) is 54.6 Å². The van der Waals surface area contributed by atoms with Gasteiger partial charge in [0.2, 0.25) is 15.9 Å². The first-order valence-electron chi connectivity index (χ1n) is 11.7. The second-order valence-electron chi connectivity index (χ2n) is 8.66. The molecule has 1 amide bonds. The highest BCUT2D eigenvalue weighted by atomic mass is 32.2. The average Bonchev–Trinajstić information content (AvgIpc) is 3.34. The van der Waals surface area contributed by atoms with Crippen LogP contribution in [0.4, 0.5) is 5.69 Å². The van der Waals surface area contributed by atoms with Crippen LogP contribution >= 0.6 is 23.1 Å². The van der Waals surface area contributed by atoms with Gasteiger partial charge in [0.1, 0.15) is 16.2 Å². The lowest BCUT2D eigenvalue weighted by Gasteiger charge is -2.26. The molecule has 1 N–H and O–H groups in total. The number of benzene rings is 2. The molecule has 10 heteroatoms. The Morgan fingerprint density at radius 1 is 1.08 bits per heavy atom. The average molecular weight is 539 g/mol. The highest BCUT2D eigenvalue weighted by molar-refractivity contribution is 8.00. The standard InChI is InChI=1S/C26H26N4O3S3/c1-18-10-11-20(14-22(18)36(32,33)30-12-6-3-7-13-30)29-23(31)16-35-26-24-21(19-8-4-2-5-9-19)15-34-25(24)27-17-28-26/h2,4-5,8-11,14-15,17H,3,6-7,12-13,16H2,1H3,(H,29,31). The first-order chi connectivity index (χ1) is 17.4. The number of fused-ring (bicyclic) bond motifs is 1. The van der Waals surface area contributed by atoms with E-state index in [0.717, 1.165) is 45.6 Å². The summed E-state index contributed by atoms with van der Waals surface area (Å²) in [6.07, 6.45) is 4.32. The number of carbonyl (C=O) groups is 1. The normalized spacial score (nSPS) is 14.7. The molecule has 4 aromatic rings. The summed E-state index contributed by atoms with van der Waals surface area (Å²) in [6.45, 7) is 2.86. The fourth-order valence-corrected chi connectivity index (χ4v) is 7.88. The summed E-state index contributed by atoms with van der Waals surface area (Å²) in [5.41, 5.74) is 3.26. The fourth-order valence-electron chi connectivity index (χ4n) is 4.32. The third kappa shape index (κ3) is 5.17. The lowest BCUT2D eigenvalue weighted by atomic mass is 10.1. The van der Waals surface area contributed by atoms with Crippen LogP contribution in [0.3, 0.4) is 0 Å². The molecule has 0 bridgehead atoms. The topological polar surface area (TPSA) is 92.3 Å². The molecule has 1 aliphatic heterocycles. The Bertz CT molecular complexity index is 1500. The van der Waals surface area contributed by atoms with E-state index in [1.807, 2.05) is 30.3 Å². The quantitative estimate of drug-likeness (QED) is 0.244. The van der Waals surface area contributed by atoms with Crippen molar-refractivity contribution < 1.29 is 13.2 Å². The maximum atomic E-state index is 13.2. The van der Waals surface area contributed by atoms with E-state index in [1.54, 1.807) is 40.8 Å². The molecule has 0 aliphatic carbocycles. The molecule has 0 spiro atoms. The number of anilines is 1. The Hall–Kier alpha value is -2.79. The molecule has 2 aromatic carbocycles. The number of thioether (sulfide) groups is 1. The van der Waals surface area contributed by atoms with Crippen LogP contribution in [-0.2, 0) is 14.8 Å². The number of sulfonamides is 1. The zero-order valence-electron chi connectivity index (χ0n) is 19.8. The molecular formula is C26H26N4O3S3. The van der Waals surface area contributed by atoms with Gasteiger partial charge >= 0.3 is 0 Å². The van der Waals surface area contributed by atoms with E-state index in [-0.39, 0.29) is 16.6 Å². The number of carbonyl (C=O) groups excluding carboxylic acids is 1. The van der Waals surface area contributed by atoms with Crippen LogP contribution in [0.2, 0.25) is 0 Å². The molecular weight excluding hydrogens is 513 g/mol. The van der Waals surface area contributed by atoms with Crippen molar-refractivity contribution in [3.05, 3.63) is 65.8 Å². The Morgan fingerprint density at radius 3 is 2.64 bits per heavy atom. The monoisotopic (exact) mass is 538 g/mol. The number of hydrogen-bond acceptors (Lipinski definition) is 7. The smallest absolute Gasteiger partial charge is 0.243 e. The molecule has 0 radical (unpaired) electrons. The van der Waals surface area contributed by atoms with Gasteiger partial charge in [-0.05, 0) is 43.0 Å². The lowest BCUT2D eigenvalue weighted by molar-refractivity contribution is -0.113. The minimum Gasteiger partial charge on any atom is -0.325 e. The molecule has 3 heterocycles. The molecule has 0 atom stereocenters. The first-order valence-corrected chi connectivity index (χ1v) is 15.0. The number of piperidine rings is 1. The van der Waals surface area contributed by atoms with Crippen molar-refractivity contribution >= 4 is 54.9 Å². The second-order valence-corrected chi connectivity index (χ2v) is 12.4. The minimum absolute atomic E-state index is 0.137. The number of rotatable bonds is 7. The van der Waals surface area contributed by atoms with E-state index in [0.29, 0.717) is 24.3 Å². The van der Waals surface area contributed by atoms with Crippen molar-refractivity contribution in [1.29, 1.82) is 0 Å². The van der Waals surface area contributed by atoms with Gasteiger partial charge in [-0.2, -0.15) is 4.31 Å². The van der Waals surface area contributed by atoms with Crippen LogP contribution in [0, 0.1) is 6.92 Å². The van der Waals surface area contributed by atoms with Crippen molar-refractivity contribution in [1.82, 2.24) is 14.3 Å². The van der Waals surface area contributed by atoms with Gasteiger partial charge in [0.25, 0.3) is 0 Å². The number of amides is 1. The minimum atomic E-state index is -3.59. The molecule has 1 fully saturated rings. The summed E-state index contributed by atoms with van der Waals surface area (Å²) < 4.78 is 27.9. The Labute approximate surface area is 219 Å². The van der Waals surface area contributed by atoms with E-state index in [2.05, 4.69) is 20.7 Å². The van der Waals surface area contributed by atoms with Gasteiger partial charge in [0, 0.05) is 29.7 Å². The highest BCUT2D eigenvalue weighted by Crippen LogP contribution is 2.37. The predicted molar refractivity (Wildman–Crippen MR) is 146 cm³/mol. The lowest BCUT2D eigenvalue weighted by Crippen LogP contribution is -2.36. The molecule has 2 aromatic heterocycles. The van der Waals surface area contributed by atoms with Crippen molar-refractivity contribution in [2.75, 3.05) is 24.2 Å². The summed E-state index contributed by atoms with van der Waals surface area (Å²) in [5, 5.41) is 6.61. The SMILES string of the molecule is Cc1ccc(NC(=O)CSc2ncnc3scc(-c4ccccc4)c23)cc1S(=O)(=O)N1CCCCC1. The summed E-state index contributed by atoms with van der Waals surface area (Å²) in [7, 11) is -3.59. The number of hydrogen-bond donors (Lipinski definition) is 1. The number of nitrogens with one attached hydrogen (secondary N) is 1. The maximum absolute atomic E-state index is 13.2. The molecule has 0 saturated carbocycles. The maximum Gasteiger partial charge on any atom is 0.243 e. The Balaban J connectivity index is 1.32. The van der Waals surface area contributed by atoms with Crippen molar-refractivity contribution in [2.45, 2.75) is 36.1 Å². The number of nitrogens with zero attached hydrogens (tertiary/aromatic N) is 3. The molecule has 36 heavy (non-hydrogen) atoms. The van der Waals surface area contributed by atoms with E-state index in [9.17, 15) is 13.2 Å². The third-order valence-corrected chi connectivity index (χ3v) is 10.1. The van der Waals surface area contributed by atoms with Gasteiger partial charge in [0.15, 0.2) is 0 Å². The van der Waals surface area contributed by atoms with Crippen LogP contribution in [0.25, 0.3) is 21.3 Å². The van der Waals surface area contributed by atoms with Crippen LogP contribution < -0.4 is 5.32 Å². The third-order valence-electron chi connectivity index (χ3n) is 6.16. The van der Waals surface area contributed by atoms with E-state index >= 15 is 0 Å². The van der Waals surface area contributed by atoms with Gasteiger partial charge in [0.05, 0.1) is 16.0 Å². The summed E-state index contributed by atoms with van der Waals surface area (Å²) in [5.74, 6) is -0.0911. The van der Waals surface area contributed by atoms with Gasteiger partial charge < -0.3 is 5.32 Å². The van der Waals surface area contributed by atoms with Crippen LogP contribution in [0.15, 0.2) is 70.2 Å². The zero-order chi connectivity index (χ0) is 25.1. The molecule has 1 aliphatic rings. The Morgan fingerprint density at radius 2 is 1.86 bits per heavy atom. The second kappa shape index (κ2) is 10.7. The van der Waals surface area contributed by atoms with E-state index < -0.39 is 10.0 Å². The highest BCUT2D eigenvalue weighted by Gasteiger charge is 2.27. The number of thiophene rings is 1. The van der Waals surface area contributed by atoms with Crippen LogP contribution in [-0.4, -0.2) is 47.4 Å². The molecule has 0 unspecified atom stereocenters. The Kier molecular flexibility index (Phi) is 7.38. The fraction of sp³-hybridized carbons (Fsp3) is 0.269. The van der Waals surface area contributed by atoms with Gasteiger partial charge in [-0.15, -0.1) is 11.3 Å². The van der Waals surface area contributed by atoms with Crippen molar-refractivity contribution in [3.8, 4) is 11.1 Å². The molecule has 5 rings (SSSR count). The number of aromatic nitrogens is 2. The van der Waals surface area contributed by atoms with Crippen molar-refractivity contribution in [3.63, 3.8) is 0 Å². The molecule has 7 nitrogen and oxygen atoms in total. The first kappa shape index (κ1) is 24.9. The zero-order valence-corrected chi connectivity index (χ0v) is 22.3. The summed E-state index contributed by atoms with van der Waals surface area (Å²) in [4.78, 5) is 22.8. The van der Waals surface area contributed by atoms with Crippen LogP contribution in [0.5, 0.6) is 0 Å². The largest absolute Gasteiger partial charge is 0.325 e. The van der Waals surface area contributed by atoms with Gasteiger partial charge in [-0.25, -0.2) is 18.4 Å². The summed E-state index contributed by atoms with van der Waals surface area (Å²) >= 11 is 2.89. The molecule has 1 saturated heterocycles. The van der Waals surface area contributed by atoms with E-state index in [4.69, 9.17) is 0 Å². The van der Waals surface area contributed by atoms with E-state index in [1.165, 1.54) is 18.1 Å².